The molecule has 1 N–H and O–H groups in total. The summed E-state index contributed by atoms with van der Waals surface area (Å²) < 4.78 is 5.38. The Morgan fingerprint density at radius 1 is 1.67 bits per heavy atom. The van der Waals surface area contributed by atoms with Crippen LogP contribution < -0.4 is 4.74 Å². The summed E-state index contributed by atoms with van der Waals surface area (Å²) in [5.41, 5.74) is 0.0771. The van der Waals surface area contributed by atoms with Crippen LogP contribution in [-0.2, 0) is 0 Å². The van der Waals surface area contributed by atoms with E-state index in [1.54, 1.807) is 0 Å². The number of carbonyl (C=O) groups is 1. The Morgan fingerprint density at radius 2 is 2.33 bits per heavy atom. The van der Waals surface area contributed by atoms with Gasteiger partial charge in [-0.1, -0.05) is 18.5 Å². The Bertz CT molecular complexity index is 368. The third kappa shape index (κ3) is 3.40. The highest BCUT2D eigenvalue weighted by atomic mass is 35.5. The average molecular weight is 230 g/mol. The first-order valence-electron chi connectivity index (χ1n) is 4.60. The van der Waals surface area contributed by atoms with E-state index in [0.29, 0.717) is 0 Å². The van der Waals surface area contributed by atoms with Crippen molar-refractivity contribution in [3.63, 3.8) is 0 Å². The van der Waals surface area contributed by atoms with Gasteiger partial charge in [0.05, 0.1) is 11.7 Å². The molecule has 0 aliphatic rings. The first-order valence-corrected chi connectivity index (χ1v) is 4.98. The molecule has 0 amide bonds. The highest BCUT2D eigenvalue weighted by Gasteiger charge is 2.09. The molecule has 0 aromatic carbocycles. The summed E-state index contributed by atoms with van der Waals surface area (Å²) in [6.07, 6.45) is 0.800. The monoisotopic (exact) mass is 229 g/mol. The lowest BCUT2D eigenvalue weighted by Gasteiger charge is -2.11. The predicted molar refractivity (Wildman–Crippen MR) is 56.6 cm³/mol. The van der Waals surface area contributed by atoms with Crippen molar-refractivity contribution >= 4 is 17.6 Å². The summed E-state index contributed by atoms with van der Waals surface area (Å²) in [7, 11) is 0. The molecule has 1 atom stereocenters. The molecule has 0 aliphatic heterocycles. The Kier molecular flexibility index (Phi) is 3.91. The zero-order chi connectivity index (χ0) is 11.4. The molecule has 1 aromatic heterocycles. The van der Waals surface area contributed by atoms with Crippen LogP contribution in [0.25, 0.3) is 0 Å². The fourth-order valence-corrected chi connectivity index (χ4v) is 1.15. The van der Waals surface area contributed by atoms with Gasteiger partial charge in [-0.05, 0) is 19.4 Å². The van der Waals surface area contributed by atoms with Gasteiger partial charge in [0, 0.05) is 6.07 Å². The number of nitrogens with zero attached hydrogens (tertiary/aromatic N) is 1. The van der Waals surface area contributed by atoms with Gasteiger partial charge < -0.3 is 9.84 Å². The number of hydrogen-bond acceptors (Lipinski definition) is 3. The second-order valence-electron chi connectivity index (χ2n) is 3.16. The number of aromatic nitrogens is 1. The van der Waals surface area contributed by atoms with Gasteiger partial charge >= 0.3 is 5.97 Å². The fourth-order valence-electron chi connectivity index (χ4n) is 0.946. The summed E-state index contributed by atoms with van der Waals surface area (Å²) in [5, 5.41) is 8.90. The summed E-state index contributed by atoms with van der Waals surface area (Å²) in [6.45, 7) is 3.84. The summed E-state index contributed by atoms with van der Waals surface area (Å²) >= 11 is 5.67. The number of carboxylic acids is 1. The number of carboxylic acid groups (broad SMARTS) is 1. The smallest absolute Gasteiger partial charge is 0.335 e. The molecule has 0 radical (unpaired) electrons. The van der Waals surface area contributed by atoms with E-state index in [9.17, 15) is 4.79 Å². The molecular formula is C10H12ClNO3. The van der Waals surface area contributed by atoms with Gasteiger partial charge in [0.2, 0.25) is 5.88 Å². The molecule has 0 spiro atoms. The van der Waals surface area contributed by atoms with Crippen LogP contribution >= 0.6 is 11.6 Å². The van der Waals surface area contributed by atoms with Crippen molar-refractivity contribution in [3.8, 4) is 5.88 Å². The first-order chi connectivity index (χ1) is 7.02. The minimum absolute atomic E-state index is 0.0161. The SMILES string of the molecule is CCC(C)Oc1cc(C(=O)O)cc(Cl)n1. The first kappa shape index (κ1) is 11.8. The summed E-state index contributed by atoms with van der Waals surface area (Å²) in [5.74, 6) is -0.803. The minimum atomic E-state index is -1.05. The van der Waals surface area contributed by atoms with E-state index in [4.69, 9.17) is 21.4 Å². The van der Waals surface area contributed by atoms with E-state index >= 15 is 0 Å². The largest absolute Gasteiger partial charge is 0.478 e. The van der Waals surface area contributed by atoms with Gasteiger partial charge in [0.1, 0.15) is 5.15 Å². The second kappa shape index (κ2) is 4.98. The maximum atomic E-state index is 10.7. The summed E-state index contributed by atoms with van der Waals surface area (Å²) in [6, 6.07) is 2.65. The molecule has 1 heterocycles. The van der Waals surface area contributed by atoms with E-state index in [1.165, 1.54) is 12.1 Å². The van der Waals surface area contributed by atoms with Crippen molar-refractivity contribution in [2.75, 3.05) is 0 Å². The third-order valence-corrected chi connectivity index (χ3v) is 2.11. The van der Waals surface area contributed by atoms with Gasteiger partial charge in [-0.25, -0.2) is 9.78 Å². The molecule has 82 valence electrons. The van der Waals surface area contributed by atoms with Crippen LogP contribution in [0.3, 0.4) is 0 Å². The Hall–Kier alpha value is -1.29. The normalized spacial score (nSPS) is 12.2. The molecule has 1 aromatic rings. The highest BCUT2D eigenvalue weighted by molar-refractivity contribution is 6.29. The highest BCUT2D eigenvalue weighted by Crippen LogP contribution is 2.18. The molecule has 1 unspecified atom stereocenters. The van der Waals surface area contributed by atoms with Crippen LogP contribution in [0.15, 0.2) is 12.1 Å². The van der Waals surface area contributed by atoms with E-state index in [0.717, 1.165) is 6.42 Å². The Morgan fingerprint density at radius 3 is 2.87 bits per heavy atom. The summed E-state index contributed by atoms with van der Waals surface area (Å²) in [4.78, 5) is 14.6. The van der Waals surface area contributed by atoms with Crippen LogP contribution in [-0.4, -0.2) is 22.2 Å². The average Bonchev–Trinajstić information content (AvgIpc) is 2.16. The van der Waals surface area contributed by atoms with Crippen molar-refractivity contribution in [2.45, 2.75) is 26.4 Å². The molecule has 5 heteroatoms. The molecule has 1 rings (SSSR count). The second-order valence-corrected chi connectivity index (χ2v) is 3.55. The molecular weight excluding hydrogens is 218 g/mol. The van der Waals surface area contributed by atoms with Gasteiger partial charge in [-0.2, -0.15) is 0 Å². The third-order valence-electron chi connectivity index (χ3n) is 1.91. The molecule has 0 saturated carbocycles. The zero-order valence-electron chi connectivity index (χ0n) is 8.53. The molecule has 0 fully saturated rings. The van der Waals surface area contributed by atoms with Gasteiger partial charge in [-0.3, -0.25) is 0 Å². The predicted octanol–water partition coefficient (Wildman–Crippen LogP) is 2.61. The lowest BCUT2D eigenvalue weighted by atomic mass is 10.2. The van der Waals surface area contributed by atoms with Crippen molar-refractivity contribution < 1.29 is 14.6 Å². The quantitative estimate of drug-likeness (QED) is 0.807. The zero-order valence-corrected chi connectivity index (χ0v) is 9.28. The molecule has 0 bridgehead atoms. The molecule has 0 saturated heterocycles. The number of rotatable bonds is 4. The number of aromatic carboxylic acids is 1. The lowest BCUT2D eigenvalue weighted by Crippen LogP contribution is -2.11. The van der Waals surface area contributed by atoms with Gasteiger partial charge in [0.25, 0.3) is 0 Å². The number of hydrogen-bond donors (Lipinski definition) is 1. The fraction of sp³-hybridized carbons (Fsp3) is 0.400. The van der Waals surface area contributed by atoms with E-state index in [2.05, 4.69) is 4.98 Å². The molecule has 4 nitrogen and oxygen atoms in total. The van der Waals surface area contributed by atoms with Crippen LogP contribution in [0.2, 0.25) is 5.15 Å². The van der Waals surface area contributed by atoms with Crippen molar-refractivity contribution in [3.05, 3.63) is 22.8 Å². The van der Waals surface area contributed by atoms with Crippen molar-refractivity contribution in [1.82, 2.24) is 4.98 Å². The Labute approximate surface area is 92.8 Å². The van der Waals surface area contributed by atoms with Gasteiger partial charge in [-0.15, -0.1) is 0 Å². The van der Waals surface area contributed by atoms with E-state index < -0.39 is 5.97 Å². The molecule has 0 aliphatic carbocycles. The Balaban J connectivity index is 2.93. The van der Waals surface area contributed by atoms with Crippen molar-refractivity contribution in [1.29, 1.82) is 0 Å². The topological polar surface area (TPSA) is 59.4 Å². The standard InChI is InChI=1S/C10H12ClNO3/c1-3-6(2)15-9-5-7(10(13)14)4-8(11)12-9/h4-6H,3H2,1-2H3,(H,13,14). The van der Waals surface area contributed by atoms with Gasteiger partial charge in [0.15, 0.2) is 0 Å². The van der Waals surface area contributed by atoms with Crippen molar-refractivity contribution in [2.24, 2.45) is 0 Å². The molecule has 15 heavy (non-hydrogen) atoms. The van der Waals surface area contributed by atoms with Crippen LogP contribution in [0.4, 0.5) is 0 Å². The van der Waals surface area contributed by atoms with E-state index in [-0.39, 0.29) is 22.7 Å². The minimum Gasteiger partial charge on any atom is -0.478 e. The van der Waals surface area contributed by atoms with Crippen LogP contribution in [0, 0.1) is 0 Å². The number of pyridine rings is 1. The van der Waals surface area contributed by atoms with Crippen LogP contribution in [0.1, 0.15) is 30.6 Å². The lowest BCUT2D eigenvalue weighted by molar-refractivity contribution is 0.0695. The number of halogens is 1. The van der Waals surface area contributed by atoms with Crippen LogP contribution in [0.5, 0.6) is 5.88 Å². The number of ether oxygens (including phenoxy) is 1. The maximum absolute atomic E-state index is 10.7. The van der Waals surface area contributed by atoms with E-state index in [1.807, 2.05) is 13.8 Å². The maximum Gasteiger partial charge on any atom is 0.335 e.